The molecule has 12 aromatic rings. The largest absolute Gasteiger partial charge is 0.455 e. The van der Waals surface area contributed by atoms with Crippen molar-refractivity contribution in [1.29, 1.82) is 0 Å². The maximum absolute atomic E-state index is 9.68. The number of fused-ring (bicyclic) bond motifs is 9. The molecular weight excluding hydrogens is 717 g/mol. The molecule has 0 aliphatic carbocycles. The number of aromatic nitrogens is 2. The highest BCUT2D eigenvalue weighted by Gasteiger charge is 2.17. The Labute approximate surface area is 364 Å². The summed E-state index contributed by atoms with van der Waals surface area (Å²) in [5, 5.41) is -0.660. The minimum atomic E-state index is -0.771. The van der Waals surface area contributed by atoms with Gasteiger partial charge in [0.05, 0.1) is 48.8 Å². The molecule has 0 saturated carbocycles. The van der Waals surface area contributed by atoms with Crippen molar-refractivity contribution in [2.75, 3.05) is 0 Å². The average Bonchev–Trinajstić information content (AvgIpc) is 2.63. The first-order chi connectivity index (χ1) is 38.2. The van der Waals surface area contributed by atoms with Crippen LogP contribution < -0.4 is 0 Å². The van der Waals surface area contributed by atoms with Crippen LogP contribution in [0.25, 0.3) is 120 Å². The molecule has 4 aromatic heterocycles. The van der Waals surface area contributed by atoms with Gasteiger partial charge in [-0.2, -0.15) is 0 Å². The first-order valence-electron chi connectivity index (χ1n) is 29.1. The fourth-order valence-electron chi connectivity index (χ4n) is 6.82. The van der Waals surface area contributed by atoms with Gasteiger partial charge in [0.1, 0.15) is 28.7 Å². The van der Waals surface area contributed by atoms with Crippen molar-refractivity contribution < 1.29 is 41.7 Å². The van der Waals surface area contributed by atoms with Crippen molar-refractivity contribution in [3.05, 3.63) is 182 Å². The van der Waals surface area contributed by atoms with E-state index >= 15 is 0 Å². The summed E-state index contributed by atoms with van der Waals surface area (Å²) in [7, 11) is 0. The van der Waals surface area contributed by atoms with Crippen LogP contribution in [0, 0.1) is 0 Å². The van der Waals surface area contributed by atoms with Gasteiger partial charge in [-0.3, -0.25) is 0 Å². The van der Waals surface area contributed by atoms with Gasteiger partial charge in [-0.05, 0) is 75.7 Å². The molecular formula is C52H30N2O2S. The molecule has 8 aromatic carbocycles. The molecule has 0 unspecified atom stereocenters. The van der Waals surface area contributed by atoms with Crippen LogP contribution in [0.4, 0.5) is 0 Å². The Morgan fingerprint density at radius 1 is 0.456 bits per heavy atom. The first-order valence-corrected chi connectivity index (χ1v) is 17.9. The summed E-state index contributed by atoms with van der Waals surface area (Å²) in [6.45, 7) is 0. The monoisotopic (exact) mass is 770 g/mol. The SMILES string of the molecule is [2H]c1cc([2H])c(-c2c([2H])c([2H])c([2H])c3c2oc2c([2H])c([2H])c([2H])c([2H])c23)c([2H])c1-c1ccc2sc3c(-c4c([2H])c([2H])c([2H])c(-c5c([2H])cc([2H])c(-c6c([2H])c([2H])c([2H])c7c6oc6c([2H])c([2H])c([2H])c([2H])c67)c5[2H])c4[2H])ncnc3c2c1. The number of para-hydroxylation sites is 4. The first kappa shape index (κ1) is 16.4. The van der Waals surface area contributed by atoms with Gasteiger partial charge in [-0.1, -0.05) is 133 Å². The number of benzene rings is 8. The third-order valence-corrected chi connectivity index (χ3v) is 10.6. The molecule has 0 saturated heterocycles. The molecule has 0 amide bonds. The molecule has 0 N–H and O–H groups in total. The zero-order valence-electron chi connectivity index (χ0n) is 52.6. The lowest BCUT2D eigenvalue weighted by molar-refractivity contribution is 0.669. The molecule has 0 spiro atoms. The van der Waals surface area contributed by atoms with Crippen LogP contribution in [0.3, 0.4) is 0 Å². The minimum Gasteiger partial charge on any atom is -0.455 e. The molecule has 4 heterocycles. The van der Waals surface area contributed by atoms with E-state index in [1.165, 1.54) is 0 Å². The van der Waals surface area contributed by atoms with Crippen molar-refractivity contribution in [2.24, 2.45) is 0 Å². The second kappa shape index (κ2) is 12.6. The van der Waals surface area contributed by atoms with Crippen LogP contribution >= 0.6 is 11.3 Å². The summed E-state index contributed by atoms with van der Waals surface area (Å²) in [4.78, 5) is 8.98. The quantitative estimate of drug-likeness (QED) is 0.175. The third-order valence-electron chi connectivity index (χ3n) is 9.39. The number of thiophene rings is 1. The Morgan fingerprint density at radius 2 is 1.00 bits per heavy atom. The van der Waals surface area contributed by atoms with Crippen molar-refractivity contribution in [3.63, 3.8) is 0 Å². The highest BCUT2D eigenvalue weighted by Crippen LogP contribution is 2.42. The van der Waals surface area contributed by atoms with Crippen LogP contribution in [0.1, 0.15) is 32.9 Å². The maximum atomic E-state index is 9.68. The van der Waals surface area contributed by atoms with Crippen molar-refractivity contribution >= 4 is 75.5 Å². The highest BCUT2D eigenvalue weighted by molar-refractivity contribution is 7.26. The molecule has 12 rings (SSSR count). The summed E-state index contributed by atoms with van der Waals surface area (Å²) >= 11 is 1.09. The second-order valence-corrected chi connectivity index (χ2v) is 13.7. The predicted molar refractivity (Wildman–Crippen MR) is 237 cm³/mol. The molecule has 4 nitrogen and oxygen atoms in total. The Bertz CT molecular complexity index is 4950. The molecule has 0 aliphatic heterocycles. The maximum Gasteiger partial charge on any atom is 0.143 e. The van der Waals surface area contributed by atoms with E-state index in [1.54, 1.807) is 18.2 Å². The minimum absolute atomic E-state index is 0.0720. The van der Waals surface area contributed by atoms with Crippen LogP contribution in [-0.4, -0.2) is 9.97 Å². The van der Waals surface area contributed by atoms with Gasteiger partial charge in [0.25, 0.3) is 0 Å². The Hall–Kier alpha value is -7.34. The van der Waals surface area contributed by atoms with E-state index in [4.69, 9.17) is 36.2 Å². The Kier molecular flexibility index (Phi) is 3.63. The standard InChI is InChI=1S/C52H30N2O2S/c1-3-22-45-40(16-1)42-20-8-18-38(50(42)55-45)35-13-5-10-31(26-35)33-12-7-15-37(28-33)48-52-49(54-30-53-48)44-29-34(24-25-47(44)57-52)32-11-6-14-36(27-32)39-19-9-21-43-41-17-2-4-23-46(41)56-51(39)43/h1-30H/i1D,2D,3D,4D,7D,8D,9D,10D,11D,12D,13D,14D,15D,16D,17D,18D,19D,20D,21D,22D,23D,26D,27D,28D. The normalized spacial score (nSPS) is 17.8. The average molecular weight is 771 g/mol. The lowest BCUT2D eigenvalue weighted by atomic mass is 9.96. The summed E-state index contributed by atoms with van der Waals surface area (Å²) in [6, 6.07) is -8.24. The number of hydrogen-bond donors (Lipinski definition) is 0. The van der Waals surface area contributed by atoms with E-state index in [9.17, 15) is 5.48 Å². The van der Waals surface area contributed by atoms with Gasteiger partial charge in [-0.25, -0.2) is 9.97 Å². The molecule has 0 radical (unpaired) electrons. The van der Waals surface area contributed by atoms with Crippen molar-refractivity contribution in [1.82, 2.24) is 9.97 Å². The van der Waals surface area contributed by atoms with Gasteiger partial charge >= 0.3 is 0 Å². The van der Waals surface area contributed by atoms with Crippen molar-refractivity contribution in [2.45, 2.75) is 0 Å². The molecule has 0 fully saturated rings. The van der Waals surface area contributed by atoms with E-state index in [1.807, 2.05) is 0 Å². The Morgan fingerprint density at radius 3 is 1.68 bits per heavy atom. The van der Waals surface area contributed by atoms with Gasteiger partial charge in [0.2, 0.25) is 0 Å². The van der Waals surface area contributed by atoms with E-state index in [0.29, 0.717) is 10.1 Å². The number of nitrogens with zero attached hydrogens (tertiary/aromatic N) is 2. The highest BCUT2D eigenvalue weighted by atomic mass is 32.1. The summed E-state index contributed by atoms with van der Waals surface area (Å²) in [6.07, 6.45) is 1.12. The molecule has 0 atom stereocenters. The zero-order chi connectivity index (χ0) is 58.3. The van der Waals surface area contributed by atoms with Gasteiger partial charge < -0.3 is 8.83 Å². The van der Waals surface area contributed by atoms with E-state index in [0.717, 1.165) is 29.8 Å². The number of rotatable bonds is 5. The van der Waals surface area contributed by atoms with Gasteiger partial charge in [0, 0.05) is 48.3 Å². The summed E-state index contributed by atoms with van der Waals surface area (Å²) in [5.74, 6) is 0. The lowest BCUT2D eigenvalue weighted by Gasteiger charge is -2.09. The molecule has 266 valence electrons. The molecule has 0 aliphatic rings. The van der Waals surface area contributed by atoms with E-state index in [2.05, 4.69) is 9.97 Å². The van der Waals surface area contributed by atoms with Crippen molar-refractivity contribution in [3.8, 4) is 55.8 Å². The van der Waals surface area contributed by atoms with Crippen LogP contribution in [0.5, 0.6) is 0 Å². The van der Waals surface area contributed by atoms with Crippen LogP contribution in [0.2, 0.25) is 0 Å². The topological polar surface area (TPSA) is 52.1 Å². The number of furan rings is 2. The Balaban J connectivity index is 1.04. The van der Waals surface area contributed by atoms with Crippen LogP contribution in [0.15, 0.2) is 191 Å². The van der Waals surface area contributed by atoms with Gasteiger partial charge in [0.15, 0.2) is 0 Å². The molecule has 57 heavy (non-hydrogen) atoms. The summed E-state index contributed by atoms with van der Waals surface area (Å²) in [5.41, 5.74) is -4.24. The molecule has 5 heteroatoms. The molecule has 0 bridgehead atoms. The van der Waals surface area contributed by atoms with Gasteiger partial charge in [-0.15, -0.1) is 11.3 Å². The number of hydrogen-bond acceptors (Lipinski definition) is 5. The van der Waals surface area contributed by atoms with E-state index in [-0.39, 0.29) is 82.5 Å². The smallest absolute Gasteiger partial charge is 0.143 e. The summed E-state index contributed by atoms with van der Waals surface area (Å²) < 4.78 is 225. The third kappa shape index (κ3) is 5.13. The van der Waals surface area contributed by atoms with E-state index < -0.39 is 172 Å². The zero-order valence-corrected chi connectivity index (χ0v) is 29.4. The fraction of sp³-hybridized carbons (Fsp3) is 0. The fourth-order valence-corrected chi connectivity index (χ4v) is 7.95. The second-order valence-electron chi connectivity index (χ2n) is 12.6. The lowest BCUT2D eigenvalue weighted by Crippen LogP contribution is -1.88. The predicted octanol–water partition coefficient (Wildman–Crippen LogP) is 15.0. The van der Waals surface area contributed by atoms with Crippen LogP contribution in [-0.2, 0) is 0 Å².